The molecule has 0 aliphatic rings. The number of benzene rings is 3. The second kappa shape index (κ2) is 11.0. The second-order valence-corrected chi connectivity index (χ2v) is 10.3. The number of nitrogens with zero attached hydrogens (tertiary/aromatic N) is 2. The summed E-state index contributed by atoms with van der Waals surface area (Å²) in [5, 5.41) is 0. The zero-order valence-electron chi connectivity index (χ0n) is 19.6. The number of fused-ring (bicyclic) bond motifs is 1. The summed E-state index contributed by atoms with van der Waals surface area (Å²) < 4.78 is 55.1. The number of nitrogens with one attached hydrogen (secondary N) is 1. The smallest absolute Gasteiger partial charge is 0.279 e. The lowest BCUT2D eigenvalue weighted by Crippen LogP contribution is -2.20. The fraction of sp³-hybridized carbons (Fsp3) is 0.200. The van der Waals surface area contributed by atoms with Crippen LogP contribution in [-0.4, -0.2) is 39.2 Å². The zero-order valence-corrected chi connectivity index (χ0v) is 21.2. The average Bonchev–Trinajstić information content (AvgIpc) is 3.22. The van der Waals surface area contributed by atoms with E-state index in [1.54, 1.807) is 28.8 Å². The molecule has 188 valence electrons. The largest absolute Gasteiger partial charge is 0.497 e. The van der Waals surface area contributed by atoms with Crippen molar-refractivity contribution in [2.45, 2.75) is 18.4 Å². The van der Waals surface area contributed by atoms with E-state index >= 15 is 0 Å². The summed E-state index contributed by atoms with van der Waals surface area (Å²) >= 11 is 1.21. The molecule has 1 heterocycles. The van der Waals surface area contributed by atoms with Crippen molar-refractivity contribution in [3.05, 3.63) is 82.9 Å². The average molecular weight is 530 g/mol. The monoisotopic (exact) mass is 529 g/mol. The molecule has 0 fully saturated rings. The lowest BCUT2D eigenvalue weighted by molar-refractivity contribution is 0.0996. The van der Waals surface area contributed by atoms with E-state index in [0.717, 1.165) is 0 Å². The third-order valence-corrected chi connectivity index (χ3v) is 7.71. The van der Waals surface area contributed by atoms with Gasteiger partial charge in [0.15, 0.2) is 4.80 Å². The van der Waals surface area contributed by atoms with E-state index in [9.17, 15) is 17.6 Å². The zero-order chi connectivity index (χ0) is 25.7. The Morgan fingerprint density at radius 2 is 1.81 bits per heavy atom. The first-order valence-corrected chi connectivity index (χ1v) is 13.3. The van der Waals surface area contributed by atoms with Gasteiger partial charge in [0, 0.05) is 24.4 Å². The van der Waals surface area contributed by atoms with E-state index in [-0.39, 0.29) is 16.1 Å². The first-order chi connectivity index (χ1) is 17.3. The van der Waals surface area contributed by atoms with Crippen molar-refractivity contribution < 1.29 is 27.1 Å². The predicted molar refractivity (Wildman–Crippen MR) is 136 cm³/mol. The first-order valence-electron chi connectivity index (χ1n) is 11.0. The van der Waals surface area contributed by atoms with Crippen molar-refractivity contribution >= 4 is 43.2 Å². The van der Waals surface area contributed by atoms with Gasteiger partial charge >= 0.3 is 0 Å². The molecule has 1 aromatic heterocycles. The third-order valence-electron chi connectivity index (χ3n) is 5.27. The van der Waals surface area contributed by atoms with E-state index in [1.165, 1.54) is 60.9 Å². The number of amides is 1. The Morgan fingerprint density at radius 1 is 1.08 bits per heavy atom. The molecule has 11 heteroatoms. The van der Waals surface area contributed by atoms with Crippen LogP contribution < -0.4 is 14.3 Å². The maximum absolute atomic E-state index is 14.5. The van der Waals surface area contributed by atoms with Crippen molar-refractivity contribution in [1.29, 1.82) is 0 Å². The SMILES string of the molecule is CCOCCn1c(=NC(=O)c2ccc(NS(=O)(=O)c3ccc(OC)cc3)cc2)sc2cccc(F)c21. The third kappa shape index (κ3) is 5.64. The summed E-state index contributed by atoms with van der Waals surface area (Å²) in [6.07, 6.45) is 0. The molecule has 0 unspecified atom stereocenters. The Balaban J connectivity index is 1.58. The summed E-state index contributed by atoms with van der Waals surface area (Å²) in [5.41, 5.74) is 0.923. The van der Waals surface area contributed by atoms with Gasteiger partial charge in [-0.2, -0.15) is 4.99 Å². The van der Waals surface area contributed by atoms with Crippen molar-refractivity contribution in [3.63, 3.8) is 0 Å². The summed E-state index contributed by atoms with van der Waals surface area (Å²) in [6, 6.07) is 16.7. The minimum atomic E-state index is -3.82. The number of methoxy groups -OCH3 is 1. The number of hydrogen-bond acceptors (Lipinski definition) is 6. The van der Waals surface area contributed by atoms with Gasteiger partial charge in [0.1, 0.15) is 11.6 Å². The molecular weight excluding hydrogens is 505 g/mol. The van der Waals surface area contributed by atoms with Gasteiger partial charge in [0.05, 0.1) is 28.8 Å². The molecule has 1 N–H and O–H groups in total. The molecule has 0 radical (unpaired) electrons. The van der Waals surface area contributed by atoms with Crippen LogP contribution in [-0.2, 0) is 21.3 Å². The molecule has 4 aromatic rings. The van der Waals surface area contributed by atoms with Crippen LogP contribution in [0.3, 0.4) is 0 Å². The highest BCUT2D eigenvalue weighted by Crippen LogP contribution is 2.22. The Morgan fingerprint density at radius 3 is 2.47 bits per heavy atom. The quantitative estimate of drug-likeness (QED) is 0.324. The lowest BCUT2D eigenvalue weighted by atomic mass is 10.2. The predicted octanol–water partition coefficient (Wildman–Crippen LogP) is 4.43. The van der Waals surface area contributed by atoms with Crippen molar-refractivity contribution in [3.8, 4) is 5.75 Å². The Labute approximate surface area is 211 Å². The molecule has 0 saturated heterocycles. The van der Waals surface area contributed by atoms with Crippen LogP contribution in [0.5, 0.6) is 5.75 Å². The van der Waals surface area contributed by atoms with Crippen molar-refractivity contribution in [2.24, 2.45) is 4.99 Å². The summed E-state index contributed by atoms with van der Waals surface area (Å²) in [5.74, 6) is -0.388. The van der Waals surface area contributed by atoms with Gasteiger partial charge in [0.25, 0.3) is 15.9 Å². The number of carbonyl (C=O) groups excluding carboxylic acids is 1. The highest BCUT2D eigenvalue weighted by Gasteiger charge is 2.16. The number of para-hydroxylation sites is 1. The Hall–Kier alpha value is -3.54. The minimum Gasteiger partial charge on any atom is -0.497 e. The van der Waals surface area contributed by atoms with E-state index in [0.29, 0.717) is 40.5 Å². The van der Waals surface area contributed by atoms with Gasteiger partial charge in [-0.05, 0) is 67.6 Å². The number of sulfonamides is 1. The van der Waals surface area contributed by atoms with Crippen LogP contribution >= 0.6 is 11.3 Å². The highest BCUT2D eigenvalue weighted by atomic mass is 32.2. The Kier molecular flexibility index (Phi) is 7.82. The number of carbonyl (C=O) groups is 1. The highest BCUT2D eigenvalue weighted by molar-refractivity contribution is 7.92. The van der Waals surface area contributed by atoms with Crippen molar-refractivity contribution in [1.82, 2.24) is 4.57 Å². The lowest BCUT2D eigenvalue weighted by Gasteiger charge is -2.09. The molecule has 1 amide bonds. The number of rotatable bonds is 9. The van der Waals surface area contributed by atoms with Gasteiger partial charge in [-0.25, -0.2) is 12.8 Å². The number of anilines is 1. The van der Waals surface area contributed by atoms with Gasteiger partial charge < -0.3 is 14.0 Å². The van der Waals surface area contributed by atoms with E-state index in [4.69, 9.17) is 9.47 Å². The molecule has 0 aliphatic carbocycles. The summed E-state index contributed by atoms with van der Waals surface area (Å²) in [4.78, 5) is 17.5. The molecule has 0 aliphatic heterocycles. The van der Waals surface area contributed by atoms with Gasteiger partial charge in [-0.15, -0.1) is 0 Å². The number of hydrogen-bond donors (Lipinski definition) is 1. The molecule has 36 heavy (non-hydrogen) atoms. The fourth-order valence-corrected chi connectivity index (χ4v) is 5.61. The fourth-order valence-electron chi connectivity index (χ4n) is 3.48. The maximum Gasteiger partial charge on any atom is 0.279 e. The van der Waals surface area contributed by atoms with E-state index < -0.39 is 21.7 Å². The molecule has 0 saturated carbocycles. The van der Waals surface area contributed by atoms with Crippen LogP contribution in [0.15, 0.2) is 76.6 Å². The normalized spacial score (nSPS) is 12.1. The van der Waals surface area contributed by atoms with E-state index in [2.05, 4.69) is 9.71 Å². The van der Waals surface area contributed by atoms with Gasteiger partial charge in [-0.3, -0.25) is 9.52 Å². The molecule has 0 bridgehead atoms. The van der Waals surface area contributed by atoms with Crippen LogP contribution in [0.1, 0.15) is 17.3 Å². The topological polar surface area (TPSA) is 99.0 Å². The number of thiazole rings is 1. The molecule has 8 nitrogen and oxygen atoms in total. The summed E-state index contributed by atoms with van der Waals surface area (Å²) in [6.45, 7) is 3.08. The Bertz CT molecular complexity index is 1540. The van der Waals surface area contributed by atoms with Gasteiger partial charge in [-0.1, -0.05) is 17.4 Å². The van der Waals surface area contributed by atoms with Crippen LogP contribution in [0.2, 0.25) is 0 Å². The number of aromatic nitrogens is 1. The number of halogens is 1. The summed E-state index contributed by atoms with van der Waals surface area (Å²) in [7, 11) is -2.32. The maximum atomic E-state index is 14.5. The molecular formula is C25H24FN3O5S2. The second-order valence-electron chi connectivity index (χ2n) is 7.60. The van der Waals surface area contributed by atoms with Crippen molar-refractivity contribution in [2.75, 3.05) is 25.0 Å². The van der Waals surface area contributed by atoms with Crippen LogP contribution in [0.4, 0.5) is 10.1 Å². The number of ether oxygens (including phenoxy) is 2. The first kappa shape index (κ1) is 25.5. The molecule has 4 rings (SSSR count). The molecule has 0 spiro atoms. The molecule has 0 atom stereocenters. The van der Waals surface area contributed by atoms with E-state index in [1.807, 2.05) is 6.92 Å². The van der Waals surface area contributed by atoms with Crippen LogP contribution in [0, 0.1) is 5.82 Å². The molecule has 3 aromatic carbocycles. The standard InChI is InChI=1S/C25H24FN3O5S2/c1-3-34-16-15-29-23-21(26)5-4-6-22(23)35-25(29)27-24(30)17-7-9-18(10-8-17)28-36(31,32)20-13-11-19(33-2)12-14-20/h4-14,28H,3,15-16H2,1-2H3. The van der Waals surface area contributed by atoms with Crippen LogP contribution in [0.25, 0.3) is 10.2 Å². The minimum absolute atomic E-state index is 0.0760. The van der Waals surface area contributed by atoms with Gasteiger partial charge in [0.2, 0.25) is 0 Å².